The van der Waals surface area contributed by atoms with Gasteiger partial charge in [0.1, 0.15) is 0 Å². The number of nitrogens with zero attached hydrogens (tertiary/aromatic N) is 1. The van der Waals surface area contributed by atoms with Gasteiger partial charge in [0.25, 0.3) is 0 Å². The van der Waals surface area contributed by atoms with Gasteiger partial charge in [-0.05, 0) is 25.7 Å². The van der Waals surface area contributed by atoms with Crippen molar-refractivity contribution >= 4 is 5.91 Å². The van der Waals surface area contributed by atoms with Crippen LogP contribution in [0.4, 0.5) is 0 Å². The van der Waals surface area contributed by atoms with Gasteiger partial charge in [0, 0.05) is 18.5 Å². The summed E-state index contributed by atoms with van der Waals surface area (Å²) in [6, 6.07) is 0.515. The molecule has 0 bridgehead atoms. The molecule has 14 heavy (non-hydrogen) atoms. The molecule has 0 aromatic carbocycles. The fourth-order valence-corrected chi connectivity index (χ4v) is 2.34. The van der Waals surface area contributed by atoms with Crippen LogP contribution in [0.5, 0.6) is 0 Å². The number of carbonyl (C=O) groups is 1. The number of rotatable bonds is 4. The normalized spacial score (nSPS) is 22.3. The van der Waals surface area contributed by atoms with Gasteiger partial charge in [0.15, 0.2) is 0 Å². The van der Waals surface area contributed by atoms with E-state index in [1.54, 1.807) is 0 Å². The van der Waals surface area contributed by atoms with Crippen molar-refractivity contribution in [3.05, 3.63) is 12.7 Å². The molecule has 0 saturated heterocycles. The molecule has 1 amide bonds. The summed E-state index contributed by atoms with van der Waals surface area (Å²) in [5, 5.41) is 0. The van der Waals surface area contributed by atoms with E-state index in [-0.39, 0.29) is 0 Å². The topological polar surface area (TPSA) is 20.3 Å². The fourth-order valence-electron chi connectivity index (χ4n) is 2.34. The zero-order valence-corrected chi connectivity index (χ0v) is 8.74. The van der Waals surface area contributed by atoms with E-state index in [0.717, 1.165) is 19.4 Å². The molecule has 0 aliphatic heterocycles. The molecule has 2 aliphatic carbocycles. The summed E-state index contributed by atoms with van der Waals surface area (Å²) in [6.07, 6.45) is 9.06. The second-order valence-corrected chi connectivity index (χ2v) is 4.49. The molecule has 0 spiro atoms. The first-order valence-corrected chi connectivity index (χ1v) is 5.74. The molecule has 2 fully saturated rings. The summed E-state index contributed by atoms with van der Waals surface area (Å²) < 4.78 is 0. The Bertz CT molecular complexity index is 226. The van der Waals surface area contributed by atoms with Gasteiger partial charge >= 0.3 is 0 Å². The predicted molar refractivity (Wildman–Crippen MR) is 56.9 cm³/mol. The van der Waals surface area contributed by atoms with Crippen molar-refractivity contribution in [2.24, 2.45) is 5.92 Å². The highest BCUT2D eigenvalue weighted by Crippen LogP contribution is 2.34. The van der Waals surface area contributed by atoms with Crippen LogP contribution in [0.2, 0.25) is 0 Å². The Kier molecular flexibility index (Phi) is 2.90. The number of amides is 1. The SMILES string of the molecule is C=CCN(C(=O)C1CC1)C1CCCC1. The zero-order chi connectivity index (χ0) is 9.97. The zero-order valence-electron chi connectivity index (χ0n) is 8.74. The highest BCUT2D eigenvalue weighted by atomic mass is 16.2. The van der Waals surface area contributed by atoms with Gasteiger partial charge in [-0.3, -0.25) is 4.79 Å². The fraction of sp³-hybridized carbons (Fsp3) is 0.750. The van der Waals surface area contributed by atoms with Crippen molar-refractivity contribution in [1.29, 1.82) is 0 Å². The van der Waals surface area contributed by atoms with Crippen molar-refractivity contribution in [1.82, 2.24) is 4.90 Å². The summed E-state index contributed by atoms with van der Waals surface area (Å²) in [6.45, 7) is 4.49. The maximum Gasteiger partial charge on any atom is 0.226 e. The Hall–Kier alpha value is -0.790. The molecule has 0 aromatic rings. The summed E-state index contributed by atoms with van der Waals surface area (Å²) in [5.41, 5.74) is 0. The Morgan fingerprint density at radius 1 is 1.29 bits per heavy atom. The highest BCUT2D eigenvalue weighted by molar-refractivity contribution is 5.81. The molecule has 0 atom stereocenters. The molecule has 0 heterocycles. The molecule has 2 rings (SSSR count). The standard InChI is InChI=1S/C12H19NO/c1-2-9-13(11-5-3-4-6-11)12(14)10-7-8-10/h2,10-11H,1,3-9H2. The van der Waals surface area contributed by atoms with Gasteiger partial charge in [-0.15, -0.1) is 6.58 Å². The molecular formula is C12H19NO. The van der Waals surface area contributed by atoms with Crippen molar-refractivity contribution in [2.75, 3.05) is 6.54 Å². The van der Waals surface area contributed by atoms with Crippen LogP contribution in [0.25, 0.3) is 0 Å². The van der Waals surface area contributed by atoms with Crippen molar-refractivity contribution in [2.45, 2.75) is 44.6 Å². The third-order valence-electron chi connectivity index (χ3n) is 3.30. The van der Waals surface area contributed by atoms with Crippen LogP contribution < -0.4 is 0 Å². The second kappa shape index (κ2) is 4.16. The molecule has 2 nitrogen and oxygen atoms in total. The number of carbonyl (C=O) groups excluding carboxylic acids is 1. The minimum Gasteiger partial charge on any atom is -0.336 e. The van der Waals surface area contributed by atoms with Gasteiger partial charge in [0.05, 0.1) is 0 Å². The van der Waals surface area contributed by atoms with Crippen LogP contribution >= 0.6 is 0 Å². The summed E-state index contributed by atoms with van der Waals surface area (Å²) in [4.78, 5) is 14.0. The maximum atomic E-state index is 12.0. The van der Waals surface area contributed by atoms with E-state index in [1.165, 1.54) is 25.7 Å². The molecule has 2 saturated carbocycles. The van der Waals surface area contributed by atoms with Gasteiger partial charge < -0.3 is 4.90 Å². The number of hydrogen-bond donors (Lipinski definition) is 0. The maximum absolute atomic E-state index is 12.0. The Morgan fingerprint density at radius 3 is 2.43 bits per heavy atom. The summed E-state index contributed by atoms with van der Waals surface area (Å²) in [5.74, 6) is 0.743. The van der Waals surface area contributed by atoms with Gasteiger partial charge in [-0.1, -0.05) is 18.9 Å². The molecule has 78 valence electrons. The van der Waals surface area contributed by atoms with Crippen molar-refractivity contribution < 1.29 is 4.79 Å². The smallest absolute Gasteiger partial charge is 0.226 e. The van der Waals surface area contributed by atoms with Crippen LogP contribution in [-0.2, 0) is 4.79 Å². The van der Waals surface area contributed by atoms with E-state index in [4.69, 9.17) is 0 Å². The first-order valence-electron chi connectivity index (χ1n) is 5.74. The minimum atomic E-state index is 0.357. The van der Waals surface area contributed by atoms with E-state index in [2.05, 4.69) is 11.5 Å². The largest absolute Gasteiger partial charge is 0.336 e. The first-order chi connectivity index (χ1) is 6.83. The quantitative estimate of drug-likeness (QED) is 0.628. The molecule has 0 unspecified atom stereocenters. The average Bonchev–Trinajstić information content (AvgIpc) is 2.91. The van der Waals surface area contributed by atoms with E-state index in [9.17, 15) is 4.79 Å². The van der Waals surface area contributed by atoms with Crippen LogP contribution in [0, 0.1) is 5.92 Å². The van der Waals surface area contributed by atoms with Gasteiger partial charge in [-0.25, -0.2) is 0 Å². The lowest BCUT2D eigenvalue weighted by Gasteiger charge is -2.27. The van der Waals surface area contributed by atoms with Crippen LogP contribution in [-0.4, -0.2) is 23.4 Å². The highest BCUT2D eigenvalue weighted by Gasteiger charge is 2.36. The van der Waals surface area contributed by atoms with E-state index in [1.807, 2.05) is 6.08 Å². The molecule has 2 aliphatic rings. The van der Waals surface area contributed by atoms with Gasteiger partial charge in [-0.2, -0.15) is 0 Å². The first kappa shape index (κ1) is 9.75. The Labute approximate surface area is 86.0 Å². The lowest BCUT2D eigenvalue weighted by atomic mass is 10.2. The van der Waals surface area contributed by atoms with E-state index in [0.29, 0.717) is 17.9 Å². The third-order valence-corrected chi connectivity index (χ3v) is 3.30. The lowest BCUT2D eigenvalue weighted by molar-refractivity contribution is -0.134. The van der Waals surface area contributed by atoms with Crippen molar-refractivity contribution in [3.8, 4) is 0 Å². The van der Waals surface area contributed by atoms with Crippen LogP contribution in [0.1, 0.15) is 38.5 Å². The molecule has 0 N–H and O–H groups in total. The average molecular weight is 193 g/mol. The van der Waals surface area contributed by atoms with Gasteiger partial charge in [0.2, 0.25) is 5.91 Å². The molecule has 0 aromatic heterocycles. The Balaban J connectivity index is 1.97. The molecule has 2 heteroatoms. The third kappa shape index (κ3) is 1.99. The molecule has 0 radical (unpaired) electrons. The lowest BCUT2D eigenvalue weighted by Crippen LogP contribution is -2.39. The molecular weight excluding hydrogens is 174 g/mol. The van der Waals surface area contributed by atoms with Crippen molar-refractivity contribution in [3.63, 3.8) is 0 Å². The monoisotopic (exact) mass is 193 g/mol. The predicted octanol–water partition coefficient (Wildman–Crippen LogP) is 2.35. The van der Waals surface area contributed by atoms with E-state index >= 15 is 0 Å². The van der Waals surface area contributed by atoms with E-state index < -0.39 is 0 Å². The van der Waals surface area contributed by atoms with Crippen LogP contribution in [0.3, 0.4) is 0 Å². The minimum absolute atomic E-state index is 0.357. The summed E-state index contributed by atoms with van der Waals surface area (Å²) >= 11 is 0. The number of hydrogen-bond acceptors (Lipinski definition) is 1. The summed E-state index contributed by atoms with van der Waals surface area (Å²) in [7, 11) is 0. The second-order valence-electron chi connectivity index (χ2n) is 4.49. The Morgan fingerprint density at radius 2 is 1.93 bits per heavy atom. The van der Waals surface area contributed by atoms with Crippen LogP contribution in [0.15, 0.2) is 12.7 Å².